The number of nitrogens with one attached hydrogen (secondary N) is 1. The summed E-state index contributed by atoms with van der Waals surface area (Å²) in [5, 5.41) is 3.16. The number of likely N-dealkylation sites (tertiary alicyclic amines) is 1. The summed E-state index contributed by atoms with van der Waals surface area (Å²) in [5.74, 6) is 0.180. The van der Waals surface area contributed by atoms with Gasteiger partial charge >= 0.3 is 0 Å². The Labute approximate surface area is 102 Å². The first kappa shape index (κ1) is 12.8. The summed E-state index contributed by atoms with van der Waals surface area (Å²) in [7, 11) is 3.60. The van der Waals surface area contributed by atoms with Gasteiger partial charge in [0.25, 0.3) is 0 Å². The normalized spacial score (nSPS) is 34.0. The molecule has 0 aromatic heterocycles. The van der Waals surface area contributed by atoms with Crippen LogP contribution >= 0.6 is 0 Å². The van der Waals surface area contributed by atoms with E-state index in [1.54, 1.807) is 7.11 Å². The number of rotatable bonds is 3. The Kier molecular flexibility index (Phi) is 4.36. The molecule has 0 saturated carbocycles. The Balaban J connectivity index is 1.94. The molecule has 0 spiro atoms. The number of nitrogens with zero attached hydrogens (tertiary/aromatic N) is 1. The number of carbonyl (C=O) groups is 1. The second-order valence-corrected chi connectivity index (χ2v) is 4.82. The molecule has 5 nitrogen and oxygen atoms in total. The first-order chi connectivity index (χ1) is 8.26. The van der Waals surface area contributed by atoms with Gasteiger partial charge in [0.2, 0.25) is 5.91 Å². The van der Waals surface area contributed by atoms with Crippen LogP contribution in [0.4, 0.5) is 0 Å². The molecule has 98 valence electrons. The van der Waals surface area contributed by atoms with Crippen molar-refractivity contribution in [3.8, 4) is 0 Å². The summed E-state index contributed by atoms with van der Waals surface area (Å²) in [6.07, 6.45) is 2.28. The van der Waals surface area contributed by atoms with Crippen LogP contribution in [0.5, 0.6) is 0 Å². The lowest BCUT2D eigenvalue weighted by atomic mass is 9.99. The molecular formula is C12H22N2O3. The quantitative estimate of drug-likeness (QED) is 0.748. The van der Waals surface area contributed by atoms with Crippen molar-refractivity contribution >= 4 is 5.91 Å². The van der Waals surface area contributed by atoms with Crippen molar-refractivity contribution in [1.29, 1.82) is 0 Å². The van der Waals surface area contributed by atoms with Crippen molar-refractivity contribution in [2.24, 2.45) is 5.92 Å². The Hall–Kier alpha value is -0.650. The molecule has 0 aliphatic carbocycles. The molecule has 0 bridgehead atoms. The number of hydrogen-bond donors (Lipinski definition) is 1. The van der Waals surface area contributed by atoms with Gasteiger partial charge in [-0.2, -0.15) is 0 Å². The minimum absolute atomic E-state index is 0.0318. The van der Waals surface area contributed by atoms with E-state index in [9.17, 15) is 4.79 Å². The van der Waals surface area contributed by atoms with Crippen LogP contribution in [0.3, 0.4) is 0 Å². The predicted octanol–water partition coefficient (Wildman–Crippen LogP) is -0.142. The lowest BCUT2D eigenvalue weighted by molar-refractivity contribution is -0.139. The van der Waals surface area contributed by atoms with Gasteiger partial charge < -0.3 is 19.7 Å². The Bertz CT molecular complexity index is 272. The van der Waals surface area contributed by atoms with Gasteiger partial charge in [0.1, 0.15) is 0 Å². The molecule has 2 saturated heterocycles. The van der Waals surface area contributed by atoms with Crippen LogP contribution in [-0.2, 0) is 14.3 Å². The van der Waals surface area contributed by atoms with Crippen molar-refractivity contribution in [2.45, 2.75) is 25.0 Å². The summed E-state index contributed by atoms with van der Waals surface area (Å²) in [5.41, 5.74) is 0. The summed E-state index contributed by atoms with van der Waals surface area (Å²) in [6.45, 7) is 2.75. The monoisotopic (exact) mass is 242 g/mol. The molecule has 3 unspecified atom stereocenters. The molecule has 2 fully saturated rings. The van der Waals surface area contributed by atoms with Gasteiger partial charge in [-0.15, -0.1) is 0 Å². The molecule has 2 rings (SSSR count). The SMILES string of the molecule is CNC1COCC1C(=O)N1CCCC(OC)C1. The molecule has 1 N–H and O–H groups in total. The third-order valence-corrected chi connectivity index (χ3v) is 3.79. The van der Waals surface area contributed by atoms with Crippen molar-refractivity contribution in [3.05, 3.63) is 0 Å². The van der Waals surface area contributed by atoms with Crippen molar-refractivity contribution in [3.63, 3.8) is 0 Å². The Morgan fingerprint density at radius 1 is 1.47 bits per heavy atom. The lowest BCUT2D eigenvalue weighted by Crippen LogP contribution is -2.49. The van der Waals surface area contributed by atoms with Gasteiger partial charge in [-0.3, -0.25) is 4.79 Å². The molecule has 1 amide bonds. The zero-order chi connectivity index (χ0) is 12.3. The number of carbonyl (C=O) groups excluding carboxylic acids is 1. The summed E-state index contributed by atoms with van der Waals surface area (Å²) >= 11 is 0. The van der Waals surface area contributed by atoms with E-state index < -0.39 is 0 Å². The summed E-state index contributed by atoms with van der Waals surface area (Å²) < 4.78 is 10.7. The molecule has 0 aromatic carbocycles. The summed E-state index contributed by atoms with van der Waals surface area (Å²) in [4.78, 5) is 14.3. The average molecular weight is 242 g/mol. The van der Waals surface area contributed by atoms with Crippen molar-refractivity contribution in [1.82, 2.24) is 10.2 Å². The number of hydrogen-bond acceptors (Lipinski definition) is 4. The van der Waals surface area contributed by atoms with E-state index in [2.05, 4.69) is 5.32 Å². The zero-order valence-corrected chi connectivity index (χ0v) is 10.6. The van der Waals surface area contributed by atoms with Crippen LogP contribution in [0, 0.1) is 5.92 Å². The smallest absolute Gasteiger partial charge is 0.229 e. The van der Waals surface area contributed by atoms with E-state index in [1.165, 1.54) is 0 Å². The highest BCUT2D eigenvalue weighted by Gasteiger charge is 2.37. The number of likely N-dealkylation sites (N-methyl/N-ethyl adjacent to an activating group) is 1. The topological polar surface area (TPSA) is 50.8 Å². The average Bonchev–Trinajstić information content (AvgIpc) is 2.86. The molecule has 5 heteroatoms. The number of amides is 1. The maximum atomic E-state index is 12.4. The molecule has 17 heavy (non-hydrogen) atoms. The fourth-order valence-electron chi connectivity index (χ4n) is 2.65. The standard InChI is InChI=1S/C12H22N2O3/c1-13-11-8-17-7-10(11)12(15)14-5-3-4-9(6-14)16-2/h9-11,13H,3-8H2,1-2H3. The predicted molar refractivity (Wildman–Crippen MR) is 63.8 cm³/mol. The summed E-state index contributed by atoms with van der Waals surface area (Å²) in [6, 6.07) is 0.158. The van der Waals surface area contributed by atoms with Crippen LogP contribution in [-0.4, -0.2) is 63.4 Å². The van der Waals surface area contributed by atoms with E-state index in [0.717, 1.165) is 25.9 Å². The molecule has 0 aromatic rings. The van der Waals surface area contributed by atoms with Crippen LogP contribution < -0.4 is 5.32 Å². The van der Waals surface area contributed by atoms with Gasteiger partial charge in [-0.1, -0.05) is 0 Å². The molecule has 2 aliphatic heterocycles. The van der Waals surface area contributed by atoms with E-state index in [4.69, 9.17) is 9.47 Å². The fourth-order valence-corrected chi connectivity index (χ4v) is 2.65. The maximum absolute atomic E-state index is 12.4. The highest BCUT2D eigenvalue weighted by molar-refractivity contribution is 5.80. The van der Waals surface area contributed by atoms with Crippen molar-refractivity contribution < 1.29 is 14.3 Å². The Morgan fingerprint density at radius 3 is 3.00 bits per heavy atom. The van der Waals surface area contributed by atoms with Gasteiger partial charge in [-0.05, 0) is 19.9 Å². The lowest BCUT2D eigenvalue weighted by Gasteiger charge is -2.34. The second-order valence-electron chi connectivity index (χ2n) is 4.82. The molecule has 0 radical (unpaired) electrons. The van der Waals surface area contributed by atoms with Crippen LogP contribution in [0.25, 0.3) is 0 Å². The number of piperidine rings is 1. The maximum Gasteiger partial charge on any atom is 0.229 e. The second kappa shape index (κ2) is 5.80. The molecule has 3 atom stereocenters. The number of ether oxygens (including phenoxy) is 2. The minimum Gasteiger partial charge on any atom is -0.380 e. The van der Waals surface area contributed by atoms with Gasteiger partial charge in [0.15, 0.2) is 0 Å². The van der Waals surface area contributed by atoms with E-state index in [-0.39, 0.29) is 24.0 Å². The van der Waals surface area contributed by atoms with E-state index >= 15 is 0 Å². The molecule has 2 heterocycles. The zero-order valence-electron chi connectivity index (χ0n) is 10.6. The van der Waals surface area contributed by atoms with Crippen LogP contribution in [0.2, 0.25) is 0 Å². The number of methoxy groups -OCH3 is 1. The van der Waals surface area contributed by atoms with Gasteiger partial charge in [0.05, 0.1) is 25.2 Å². The molecular weight excluding hydrogens is 220 g/mol. The van der Waals surface area contributed by atoms with Crippen LogP contribution in [0.1, 0.15) is 12.8 Å². The van der Waals surface area contributed by atoms with Gasteiger partial charge in [0, 0.05) is 26.2 Å². The highest BCUT2D eigenvalue weighted by atomic mass is 16.5. The first-order valence-electron chi connectivity index (χ1n) is 6.33. The third-order valence-electron chi connectivity index (χ3n) is 3.79. The third kappa shape index (κ3) is 2.78. The Morgan fingerprint density at radius 2 is 2.29 bits per heavy atom. The van der Waals surface area contributed by atoms with Gasteiger partial charge in [-0.25, -0.2) is 0 Å². The first-order valence-corrected chi connectivity index (χ1v) is 6.33. The highest BCUT2D eigenvalue weighted by Crippen LogP contribution is 2.20. The fraction of sp³-hybridized carbons (Fsp3) is 0.917. The largest absolute Gasteiger partial charge is 0.380 e. The van der Waals surface area contributed by atoms with Crippen LogP contribution in [0.15, 0.2) is 0 Å². The van der Waals surface area contributed by atoms with Crippen molar-refractivity contribution in [2.75, 3.05) is 40.5 Å². The van der Waals surface area contributed by atoms with E-state index in [0.29, 0.717) is 13.2 Å². The minimum atomic E-state index is -0.0318. The van der Waals surface area contributed by atoms with E-state index in [1.807, 2.05) is 11.9 Å². The molecule has 2 aliphatic rings.